The summed E-state index contributed by atoms with van der Waals surface area (Å²) in [6, 6.07) is 9.74. The number of nitrogens with one attached hydrogen (secondary N) is 1. The molecule has 3 nitrogen and oxygen atoms in total. The third-order valence-electron chi connectivity index (χ3n) is 2.74. The summed E-state index contributed by atoms with van der Waals surface area (Å²) in [5.74, 6) is 0.0799. The quantitative estimate of drug-likeness (QED) is 0.598. The molecule has 0 fully saturated rings. The molecule has 3 aromatic rings. The highest BCUT2D eigenvalue weighted by Crippen LogP contribution is 2.21. The average Bonchev–Trinajstić information content (AvgIpc) is 2.30. The van der Waals surface area contributed by atoms with Gasteiger partial charge in [0, 0.05) is 15.8 Å². The maximum absolute atomic E-state index is 12.2. The lowest BCUT2D eigenvalue weighted by atomic mass is 10.1. The van der Waals surface area contributed by atoms with Crippen LogP contribution in [-0.4, -0.2) is 10.1 Å². The van der Waals surface area contributed by atoms with Crippen molar-refractivity contribution in [3.63, 3.8) is 0 Å². The fourth-order valence-corrected chi connectivity index (χ4v) is 2.11. The van der Waals surface area contributed by atoms with Crippen LogP contribution in [0.2, 0.25) is 5.02 Å². The van der Waals surface area contributed by atoms with Gasteiger partial charge >= 0.3 is 0 Å². The normalized spacial score (nSPS) is 11.1. The first-order valence-electron chi connectivity index (χ1n) is 5.09. The van der Waals surface area contributed by atoms with Crippen LogP contribution in [0, 0.1) is 0 Å². The van der Waals surface area contributed by atoms with Crippen molar-refractivity contribution in [2.24, 2.45) is 0 Å². The van der Waals surface area contributed by atoms with Crippen molar-refractivity contribution in [1.29, 1.82) is 0 Å². The van der Waals surface area contributed by atoms with Crippen LogP contribution in [0.1, 0.15) is 0 Å². The monoisotopic (exact) mass is 245 g/mol. The number of pyridine rings is 1. The highest BCUT2D eigenvalue weighted by molar-refractivity contribution is 6.31. The summed E-state index contributed by atoms with van der Waals surface area (Å²) in [5.41, 5.74) is 1.27. The molecule has 0 radical (unpaired) electrons. The van der Waals surface area contributed by atoms with Gasteiger partial charge in [0.05, 0.1) is 11.0 Å². The number of fused-ring (bicyclic) bond motifs is 2. The SMILES string of the molecule is O=c1c2ccc(Cl)cc2[nH]c2ccc(O)cc12. The van der Waals surface area contributed by atoms with Gasteiger partial charge in [-0.2, -0.15) is 0 Å². The topological polar surface area (TPSA) is 53.1 Å². The van der Waals surface area contributed by atoms with E-state index in [0.29, 0.717) is 26.8 Å². The molecule has 3 rings (SSSR count). The molecule has 0 amide bonds. The van der Waals surface area contributed by atoms with Crippen molar-refractivity contribution >= 4 is 33.4 Å². The van der Waals surface area contributed by atoms with Gasteiger partial charge in [-0.15, -0.1) is 0 Å². The summed E-state index contributed by atoms with van der Waals surface area (Å²) in [5, 5.41) is 11.0. The van der Waals surface area contributed by atoms with Crippen molar-refractivity contribution in [3.8, 4) is 5.75 Å². The molecule has 4 heteroatoms. The number of phenolic OH excluding ortho intramolecular Hbond substituents is 1. The molecule has 0 aliphatic heterocycles. The van der Waals surface area contributed by atoms with Gasteiger partial charge in [-0.25, -0.2) is 0 Å². The van der Waals surface area contributed by atoms with Crippen LogP contribution >= 0.6 is 11.6 Å². The Labute approximate surface area is 101 Å². The largest absolute Gasteiger partial charge is 0.508 e. The molecule has 2 aromatic carbocycles. The molecule has 0 atom stereocenters. The number of H-pyrrole nitrogens is 1. The third-order valence-corrected chi connectivity index (χ3v) is 2.98. The van der Waals surface area contributed by atoms with Gasteiger partial charge in [0.25, 0.3) is 0 Å². The van der Waals surface area contributed by atoms with E-state index in [9.17, 15) is 9.90 Å². The molecule has 1 aromatic heterocycles. The lowest BCUT2D eigenvalue weighted by molar-refractivity contribution is 0.476. The minimum Gasteiger partial charge on any atom is -0.508 e. The first-order chi connectivity index (χ1) is 8.15. The summed E-state index contributed by atoms with van der Waals surface area (Å²) in [6.07, 6.45) is 0. The first kappa shape index (κ1) is 10.2. The van der Waals surface area contributed by atoms with Gasteiger partial charge in [0.15, 0.2) is 5.43 Å². The average molecular weight is 246 g/mol. The summed E-state index contributed by atoms with van der Waals surface area (Å²) in [6.45, 7) is 0. The Morgan fingerprint density at radius 1 is 1.00 bits per heavy atom. The predicted molar refractivity (Wildman–Crippen MR) is 68.7 cm³/mol. The van der Waals surface area contributed by atoms with E-state index in [0.717, 1.165) is 0 Å². The van der Waals surface area contributed by atoms with E-state index in [2.05, 4.69) is 4.98 Å². The number of phenols is 1. The molecule has 0 unspecified atom stereocenters. The number of hydrogen-bond acceptors (Lipinski definition) is 2. The zero-order chi connectivity index (χ0) is 12.0. The van der Waals surface area contributed by atoms with E-state index in [4.69, 9.17) is 11.6 Å². The Morgan fingerprint density at radius 3 is 2.65 bits per heavy atom. The molecule has 0 saturated carbocycles. The zero-order valence-electron chi connectivity index (χ0n) is 8.70. The Bertz CT molecular complexity index is 792. The lowest BCUT2D eigenvalue weighted by Gasteiger charge is -2.03. The molecular weight excluding hydrogens is 238 g/mol. The highest BCUT2D eigenvalue weighted by atomic mass is 35.5. The van der Waals surface area contributed by atoms with Crippen LogP contribution in [0.5, 0.6) is 5.75 Å². The fraction of sp³-hybridized carbons (Fsp3) is 0. The molecule has 2 N–H and O–H groups in total. The van der Waals surface area contributed by atoms with Crippen LogP contribution in [-0.2, 0) is 0 Å². The smallest absolute Gasteiger partial charge is 0.197 e. The summed E-state index contributed by atoms with van der Waals surface area (Å²) < 4.78 is 0. The molecule has 17 heavy (non-hydrogen) atoms. The Morgan fingerprint density at radius 2 is 1.82 bits per heavy atom. The van der Waals surface area contributed by atoms with Gasteiger partial charge in [-0.05, 0) is 36.4 Å². The minimum atomic E-state index is -0.110. The van der Waals surface area contributed by atoms with Gasteiger partial charge in [0.2, 0.25) is 0 Å². The number of aromatic amines is 1. The van der Waals surface area contributed by atoms with E-state index in [1.807, 2.05) is 0 Å². The predicted octanol–water partition coefficient (Wildman–Crippen LogP) is 3.04. The number of benzene rings is 2. The Hall–Kier alpha value is -2.00. The van der Waals surface area contributed by atoms with Crippen LogP contribution in [0.15, 0.2) is 41.2 Å². The van der Waals surface area contributed by atoms with Crippen LogP contribution in [0.3, 0.4) is 0 Å². The molecule has 0 aliphatic rings. The van der Waals surface area contributed by atoms with Crippen molar-refractivity contribution < 1.29 is 5.11 Å². The summed E-state index contributed by atoms with van der Waals surface area (Å²) in [4.78, 5) is 15.3. The van der Waals surface area contributed by atoms with Crippen LogP contribution in [0.25, 0.3) is 21.8 Å². The lowest BCUT2D eigenvalue weighted by Crippen LogP contribution is -2.03. The summed E-state index contributed by atoms with van der Waals surface area (Å²) >= 11 is 5.89. The zero-order valence-corrected chi connectivity index (χ0v) is 9.45. The molecule has 0 spiro atoms. The molecular formula is C13H8ClNO2. The molecule has 0 aliphatic carbocycles. The fourth-order valence-electron chi connectivity index (χ4n) is 1.94. The number of rotatable bonds is 0. The molecule has 0 bridgehead atoms. The van der Waals surface area contributed by atoms with E-state index in [1.165, 1.54) is 12.1 Å². The van der Waals surface area contributed by atoms with Crippen molar-refractivity contribution in [3.05, 3.63) is 51.6 Å². The first-order valence-corrected chi connectivity index (χ1v) is 5.47. The van der Waals surface area contributed by atoms with Gasteiger partial charge in [-0.3, -0.25) is 4.79 Å². The number of aromatic nitrogens is 1. The second-order valence-corrected chi connectivity index (χ2v) is 4.31. The van der Waals surface area contributed by atoms with Gasteiger partial charge in [0.1, 0.15) is 5.75 Å². The van der Waals surface area contributed by atoms with Crippen LogP contribution < -0.4 is 5.43 Å². The van der Waals surface area contributed by atoms with E-state index >= 15 is 0 Å². The Kier molecular flexibility index (Phi) is 2.09. The maximum Gasteiger partial charge on any atom is 0.197 e. The third kappa shape index (κ3) is 1.56. The maximum atomic E-state index is 12.2. The Balaban J connectivity index is 2.57. The van der Waals surface area contributed by atoms with Gasteiger partial charge in [-0.1, -0.05) is 11.6 Å². The second-order valence-electron chi connectivity index (χ2n) is 3.87. The number of hydrogen-bond donors (Lipinski definition) is 2. The second kappa shape index (κ2) is 3.50. The van der Waals surface area contributed by atoms with Crippen molar-refractivity contribution in [2.45, 2.75) is 0 Å². The van der Waals surface area contributed by atoms with E-state index in [-0.39, 0.29) is 11.2 Å². The molecule has 1 heterocycles. The van der Waals surface area contributed by atoms with E-state index in [1.54, 1.807) is 24.3 Å². The standard InChI is InChI=1S/C13H8ClNO2/c14-7-1-3-9-12(5-7)15-11-4-2-8(16)6-10(11)13(9)17/h1-6,16H,(H,15,17). The molecule has 0 saturated heterocycles. The summed E-state index contributed by atoms with van der Waals surface area (Å²) in [7, 11) is 0. The highest BCUT2D eigenvalue weighted by Gasteiger charge is 2.06. The number of aromatic hydroxyl groups is 1. The minimum absolute atomic E-state index is 0.0799. The molecule has 84 valence electrons. The van der Waals surface area contributed by atoms with Crippen molar-refractivity contribution in [2.75, 3.05) is 0 Å². The van der Waals surface area contributed by atoms with Crippen molar-refractivity contribution in [1.82, 2.24) is 4.98 Å². The number of halogens is 1. The van der Waals surface area contributed by atoms with E-state index < -0.39 is 0 Å². The van der Waals surface area contributed by atoms with Crippen LogP contribution in [0.4, 0.5) is 0 Å². The van der Waals surface area contributed by atoms with Gasteiger partial charge < -0.3 is 10.1 Å².